The largest absolute Gasteiger partial charge is 0.477 e. The molecular formula is C19H22N4O5. The van der Waals surface area contributed by atoms with Crippen LogP contribution in [0.25, 0.3) is 0 Å². The molecule has 148 valence electrons. The molecule has 1 aliphatic carbocycles. The summed E-state index contributed by atoms with van der Waals surface area (Å²) in [6.45, 7) is 0. The van der Waals surface area contributed by atoms with E-state index in [1.54, 1.807) is 24.4 Å². The van der Waals surface area contributed by atoms with Gasteiger partial charge in [-0.3, -0.25) is 14.9 Å². The summed E-state index contributed by atoms with van der Waals surface area (Å²) in [5.41, 5.74) is 0.379. The van der Waals surface area contributed by atoms with Crippen molar-refractivity contribution >= 4 is 11.6 Å². The second kappa shape index (κ2) is 9.12. The Morgan fingerprint density at radius 1 is 1.18 bits per heavy atom. The van der Waals surface area contributed by atoms with E-state index in [-0.39, 0.29) is 30.2 Å². The Kier molecular flexibility index (Phi) is 6.36. The van der Waals surface area contributed by atoms with E-state index >= 15 is 0 Å². The number of nitro groups is 1. The molecule has 9 nitrogen and oxygen atoms in total. The molecule has 28 heavy (non-hydrogen) atoms. The highest BCUT2D eigenvalue weighted by Gasteiger charge is 2.25. The maximum atomic E-state index is 12.3. The molecule has 0 radical (unpaired) electrons. The van der Waals surface area contributed by atoms with Crippen LogP contribution < -0.4 is 14.8 Å². The number of amides is 1. The van der Waals surface area contributed by atoms with Gasteiger partial charge in [0.2, 0.25) is 5.91 Å². The number of hydrogen-bond donors (Lipinski definition) is 1. The van der Waals surface area contributed by atoms with Crippen molar-refractivity contribution in [2.75, 3.05) is 7.11 Å². The van der Waals surface area contributed by atoms with E-state index in [4.69, 9.17) is 9.47 Å². The lowest BCUT2D eigenvalue weighted by Crippen LogP contribution is -2.40. The van der Waals surface area contributed by atoms with Crippen LogP contribution in [0.1, 0.15) is 31.2 Å². The summed E-state index contributed by atoms with van der Waals surface area (Å²) in [5, 5.41) is 14.0. The van der Waals surface area contributed by atoms with Crippen molar-refractivity contribution in [3.05, 3.63) is 52.3 Å². The average Bonchev–Trinajstić information content (AvgIpc) is 2.70. The summed E-state index contributed by atoms with van der Waals surface area (Å²) in [7, 11) is 1.51. The Labute approximate surface area is 162 Å². The Balaban J connectivity index is 1.49. The minimum atomic E-state index is -0.466. The van der Waals surface area contributed by atoms with Gasteiger partial charge >= 0.3 is 0 Å². The summed E-state index contributed by atoms with van der Waals surface area (Å²) in [6.07, 6.45) is 6.10. The fourth-order valence-corrected chi connectivity index (χ4v) is 3.31. The summed E-state index contributed by atoms with van der Waals surface area (Å²) in [4.78, 5) is 31.1. The summed E-state index contributed by atoms with van der Waals surface area (Å²) >= 11 is 0. The van der Waals surface area contributed by atoms with Gasteiger partial charge in [0.1, 0.15) is 6.10 Å². The molecule has 0 atom stereocenters. The highest BCUT2D eigenvalue weighted by Crippen LogP contribution is 2.27. The number of nitrogens with one attached hydrogen (secondary N) is 1. The van der Waals surface area contributed by atoms with Gasteiger partial charge in [0.25, 0.3) is 17.4 Å². The Morgan fingerprint density at radius 3 is 2.54 bits per heavy atom. The molecule has 1 aliphatic rings. The predicted octanol–water partition coefficient (Wildman–Crippen LogP) is 2.44. The van der Waals surface area contributed by atoms with E-state index in [0.717, 1.165) is 25.7 Å². The number of benzene rings is 1. The Bertz CT molecular complexity index is 837. The Morgan fingerprint density at radius 2 is 1.86 bits per heavy atom. The number of ether oxygens (including phenoxy) is 2. The van der Waals surface area contributed by atoms with Crippen LogP contribution in [-0.4, -0.2) is 40.1 Å². The lowest BCUT2D eigenvalue weighted by atomic mass is 9.92. The molecule has 1 aromatic heterocycles. The van der Waals surface area contributed by atoms with Gasteiger partial charge in [0, 0.05) is 30.1 Å². The minimum absolute atomic E-state index is 0.00954. The summed E-state index contributed by atoms with van der Waals surface area (Å²) in [5.74, 6) is 0.505. The normalized spacial score (nSPS) is 18.9. The van der Waals surface area contributed by atoms with E-state index in [9.17, 15) is 14.9 Å². The fourth-order valence-electron chi connectivity index (χ4n) is 3.31. The molecule has 1 amide bonds. The number of carbonyl (C=O) groups excluding carboxylic acids is 1. The van der Waals surface area contributed by atoms with Crippen molar-refractivity contribution in [3.8, 4) is 11.8 Å². The van der Waals surface area contributed by atoms with E-state index in [2.05, 4.69) is 15.3 Å². The molecule has 1 saturated carbocycles. The molecule has 0 aliphatic heterocycles. The van der Waals surface area contributed by atoms with Crippen LogP contribution in [0.4, 0.5) is 5.69 Å². The number of nitro benzene ring substituents is 1. The molecule has 0 unspecified atom stereocenters. The predicted molar refractivity (Wildman–Crippen MR) is 100 cm³/mol. The first-order valence-electron chi connectivity index (χ1n) is 9.10. The molecular weight excluding hydrogens is 364 g/mol. The number of methoxy groups -OCH3 is 1. The molecule has 1 fully saturated rings. The van der Waals surface area contributed by atoms with Crippen molar-refractivity contribution in [1.29, 1.82) is 0 Å². The van der Waals surface area contributed by atoms with Crippen LogP contribution in [0, 0.1) is 10.1 Å². The zero-order chi connectivity index (χ0) is 19.9. The number of rotatable bonds is 7. The number of hydrogen-bond acceptors (Lipinski definition) is 7. The number of nitrogens with zero attached hydrogens (tertiary/aromatic N) is 3. The van der Waals surface area contributed by atoms with Gasteiger partial charge in [-0.1, -0.05) is 18.2 Å². The molecule has 1 N–H and O–H groups in total. The SMILES string of the molecule is COc1nccnc1OC1CCC(NC(=O)Cc2ccccc2[N+](=O)[O-])CC1. The molecule has 1 aromatic carbocycles. The lowest BCUT2D eigenvalue weighted by molar-refractivity contribution is -0.385. The summed E-state index contributed by atoms with van der Waals surface area (Å²) < 4.78 is 11.0. The third-order valence-electron chi connectivity index (χ3n) is 4.68. The third-order valence-corrected chi connectivity index (χ3v) is 4.68. The van der Waals surface area contributed by atoms with E-state index in [1.807, 2.05) is 0 Å². The lowest BCUT2D eigenvalue weighted by Gasteiger charge is -2.29. The first kappa shape index (κ1) is 19.5. The van der Waals surface area contributed by atoms with E-state index < -0.39 is 4.92 Å². The van der Waals surface area contributed by atoms with E-state index in [1.165, 1.54) is 19.4 Å². The van der Waals surface area contributed by atoms with Crippen LogP contribution in [0.5, 0.6) is 11.8 Å². The van der Waals surface area contributed by atoms with Gasteiger partial charge in [0.05, 0.1) is 18.5 Å². The number of aromatic nitrogens is 2. The molecule has 0 saturated heterocycles. The Hall–Kier alpha value is -3.23. The van der Waals surface area contributed by atoms with Gasteiger partial charge < -0.3 is 14.8 Å². The molecule has 1 heterocycles. The standard InChI is InChI=1S/C19H22N4O5/c1-27-18-19(21-11-10-20-18)28-15-8-6-14(7-9-15)22-17(24)12-13-4-2-3-5-16(13)23(25)26/h2-5,10-11,14-15H,6-9,12H2,1H3,(H,22,24). The first-order valence-corrected chi connectivity index (χ1v) is 9.10. The maximum absolute atomic E-state index is 12.3. The van der Waals surface area contributed by atoms with Crippen LogP contribution in [0.2, 0.25) is 0 Å². The quantitative estimate of drug-likeness (QED) is 0.574. The fraction of sp³-hybridized carbons (Fsp3) is 0.421. The van der Waals surface area contributed by atoms with Crippen LogP contribution in [0.15, 0.2) is 36.7 Å². The van der Waals surface area contributed by atoms with Crippen molar-refractivity contribution in [2.45, 2.75) is 44.2 Å². The van der Waals surface area contributed by atoms with Gasteiger partial charge in [-0.25, -0.2) is 9.97 Å². The van der Waals surface area contributed by atoms with Crippen molar-refractivity contribution in [2.24, 2.45) is 0 Å². The van der Waals surface area contributed by atoms with Crippen LogP contribution in [0.3, 0.4) is 0 Å². The molecule has 2 aromatic rings. The smallest absolute Gasteiger partial charge is 0.278 e. The third kappa shape index (κ3) is 4.93. The van der Waals surface area contributed by atoms with Crippen molar-refractivity contribution < 1.29 is 19.2 Å². The molecule has 3 rings (SSSR count). The maximum Gasteiger partial charge on any atom is 0.278 e. The first-order chi connectivity index (χ1) is 13.6. The van der Waals surface area contributed by atoms with Gasteiger partial charge in [0.15, 0.2) is 0 Å². The van der Waals surface area contributed by atoms with Gasteiger partial charge in [-0.2, -0.15) is 0 Å². The van der Waals surface area contributed by atoms with Crippen molar-refractivity contribution in [1.82, 2.24) is 15.3 Å². The minimum Gasteiger partial charge on any atom is -0.477 e. The second-order valence-corrected chi connectivity index (χ2v) is 6.59. The average molecular weight is 386 g/mol. The van der Waals surface area contributed by atoms with Gasteiger partial charge in [-0.15, -0.1) is 0 Å². The highest BCUT2D eigenvalue weighted by atomic mass is 16.6. The number of carbonyl (C=O) groups is 1. The monoisotopic (exact) mass is 386 g/mol. The topological polar surface area (TPSA) is 116 Å². The van der Waals surface area contributed by atoms with Crippen LogP contribution >= 0.6 is 0 Å². The second-order valence-electron chi connectivity index (χ2n) is 6.59. The van der Waals surface area contributed by atoms with Gasteiger partial charge in [-0.05, 0) is 25.7 Å². The molecule has 9 heteroatoms. The molecule has 0 spiro atoms. The summed E-state index contributed by atoms with van der Waals surface area (Å²) in [6, 6.07) is 6.33. The number of para-hydroxylation sites is 1. The van der Waals surface area contributed by atoms with Crippen molar-refractivity contribution in [3.63, 3.8) is 0 Å². The zero-order valence-electron chi connectivity index (χ0n) is 15.5. The molecule has 0 bridgehead atoms. The zero-order valence-corrected chi connectivity index (χ0v) is 15.5. The highest BCUT2D eigenvalue weighted by molar-refractivity contribution is 5.80. The van der Waals surface area contributed by atoms with Crippen LogP contribution in [-0.2, 0) is 11.2 Å². The van der Waals surface area contributed by atoms with E-state index in [0.29, 0.717) is 17.3 Å².